The van der Waals surface area contributed by atoms with Crippen LogP contribution in [0.1, 0.15) is 41.3 Å². The van der Waals surface area contributed by atoms with Crippen LogP contribution in [0.3, 0.4) is 0 Å². The zero-order valence-electron chi connectivity index (χ0n) is 16.5. The van der Waals surface area contributed by atoms with Gasteiger partial charge in [-0.2, -0.15) is 0 Å². The van der Waals surface area contributed by atoms with E-state index in [1.165, 1.54) is 16.5 Å². The van der Waals surface area contributed by atoms with Crippen molar-refractivity contribution in [3.8, 4) is 11.3 Å². The number of hydrogen-bond donors (Lipinski definition) is 1. The van der Waals surface area contributed by atoms with Crippen molar-refractivity contribution in [2.75, 3.05) is 13.2 Å². The minimum atomic E-state index is -0.0649. The fraction of sp³-hybridized carbons (Fsp3) is 0.333. The number of rotatable bonds is 4. The highest BCUT2D eigenvalue weighted by atomic mass is 16.3. The maximum absolute atomic E-state index is 12.9. The summed E-state index contributed by atoms with van der Waals surface area (Å²) < 4.78 is 0. The summed E-state index contributed by atoms with van der Waals surface area (Å²) in [5, 5.41) is 10.7. The van der Waals surface area contributed by atoms with Crippen molar-refractivity contribution in [2.24, 2.45) is 0 Å². The van der Waals surface area contributed by atoms with Crippen molar-refractivity contribution in [1.82, 2.24) is 9.88 Å². The minimum Gasteiger partial charge on any atom is -0.394 e. The summed E-state index contributed by atoms with van der Waals surface area (Å²) in [5.41, 5.74) is 5.94. The van der Waals surface area contributed by atoms with Crippen LogP contribution in [0.2, 0.25) is 0 Å². The quantitative estimate of drug-likeness (QED) is 0.738. The topological polar surface area (TPSA) is 53.4 Å². The Kier molecular flexibility index (Phi) is 5.14. The van der Waals surface area contributed by atoms with Gasteiger partial charge in [0, 0.05) is 23.1 Å². The molecule has 144 valence electrons. The van der Waals surface area contributed by atoms with Crippen LogP contribution in [0.5, 0.6) is 0 Å². The maximum atomic E-state index is 12.9. The summed E-state index contributed by atoms with van der Waals surface area (Å²) in [5.74, 6) is -0.0106. The molecule has 28 heavy (non-hydrogen) atoms. The third-order valence-electron chi connectivity index (χ3n) is 5.74. The number of nitrogens with zero attached hydrogens (tertiary/aromatic N) is 2. The van der Waals surface area contributed by atoms with E-state index in [1.807, 2.05) is 24.3 Å². The summed E-state index contributed by atoms with van der Waals surface area (Å²) in [6, 6.07) is 16.1. The minimum absolute atomic E-state index is 0.0106. The Morgan fingerprint density at radius 3 is 2.86 bits per heavy atom. The fourth-order valence-electron chi connectivity index (χ4n) is 4.08. The molecule has 0 radical (unpaired) electrons. The SMILES string of the molecule is CCc1ccc2nc(-c3cccc(C(=O)N4CCC[C@H]4CO)c3)cc(C)c2c1. The van der Waals surface area contributed by atoms with Gasteiger partial charge >= 0.3 is 0 Å². The number of benzene rings is 2. The molecular formula is C24H26N2O2. The first-order valence-electron chi connectivity index (χ1n) is 10.0. The first kappa shape index (κ1) is 18.6. The first-order valence-corrected chi connectivity index (χ1v) is 10.0. The molecular weight excluding hydrogens is 348 g/mol. The van der Waals surface area contributed by atoms with E-state index in [2.05, 4.69) is 38.1 Å². The van der Waals surface area contributed by atoms with Gasteiger partial charge in [0.05, 0.1) is 23.9 Å². The number of carbonyl (C=O) groups is 1. The van der Waals surface area contributed by atoms with Crippen LogP contribution in [0.4, 0.5) is 0 Å². The van der Waals surface area contributed by atoms with E-state index >= 15 is 0 Å². The molecule has 1 aliphatic rings. The average Bonchev–Trinajstić information content (AvgIpc) is 3.22. The van der Waals surface area contributed by atoms with E-state index in [0.717, 1.165) is 36.0 Å². The molecule has 0 saturated carbocycles. The zero-order chi connectivity index (χ0) is 19.7. The Hall–Kier alpha value is -2.72. The van der Waals surface area contributed by atoms with Gasteiger partial charge in [0.1, 0.15) is 0 Å². The Bertz CT molecular complexity index is 1030. The zero-order valence-corrected chi connectivity index (χ0v) is 16.5. The van der Waals surface area contributed by atoms with Crippen LogP contribution in [0.15, 0.2) is 48.5 Å². The summed E-state index contributed by atoms with van der Waals surface area (Å²) in [6.45, 7) is 5.00. The lowest BCUT2D eigenvalue weighted by Gasteiger charge is -2.23. The van der Waals surface area contributed by atoms with Crippen LogP contribution in [0.25, 0.3) is 22.2 Å². The van der Waals surface area contributed by atoms with Crippen molar-refractivity contribution in [1.29, 1.82) is 0 Å². The summed E-state index contributed by atoms with van der Waals surface area (Å²) in [7, 11) is 0. The van der Waals surface area contributed by atoms with E-state index in [0.29, 0.717) is 12.1 Å². The molecule has 0 bridgehead atoms. The second-order valence-electron chi connectivity index (χ2n) is 7.59. The molecule has 1 N–H and O–H groups in total. The molecule has 2 heterocycles. The van der Waals surface area contributed by atoms with E-state index < -0.39 is 0 Å². The number of likely N-dealkylation sites (tertiary alicyclic amines) is 1. The first-order chi connectivity index (χ1) is 13.6. The number of aliphatic hydroxyl groups is 1. The van der Waals surface area contributed by atoms with Crippen molar-refractivity contribution < 1.29 is 9.90 Å². The summed E-state index contributed by atoms with van der Waals surface area (Å²) in [4.78, 5) is 19.6. The molecule has 4 heteroatoms. The van der Waals surface area contributed by atoms with Gasteiger partial charge in [-0.15, -0.1) is 0 Å². The molecule has 0 unspecified atom stereocenters. The molecule has 0 spiro atoms. The number of fused-ring (bicyclic) bond motifs is 1. The van der Waals surface area contributed by atoms with E-state index in [4.69, 9.17) is 4.98 Å². The van der Waals surface area contributed by atoms with Crippen molar-refractivity contribution in [3.63, 3.8) is 0 Å². The number of carbonyl (C=O) groups excluding carboxylic acids is 1. The van der Waals surface area contributed by atoms with Gasteiger partial charge < -0.3 is 10.0 Å². The van der Waals surface area contributed by atoms with Crippen LogP contribution in [-0.4, -0.2) is 40.1 Å². The van der Waals surface area contributed by atoms with Gasteiger partial charge in [-0.25, -0.2) is 4.98 Å². The molecule has 1 aromatic heterocycles. The molecule has 1 atom stereocenters. The largest absolute Gasteiger partial charge is 0.394 e. The summed E-state index contributed by atoms with van der Waals surface area (Å²) >= 11 is 0. The fourth-order valence-corrected chi connectivity index (χ4v) is 4.08. The van der Waals surface area contributed by atoms with Crippen LogP contribution >= 0.6 is 0 Å². The third kappa shape index (κ3) is 3.40. The lowest BCUT2D eigenvalue weighted by atomic mass is 10.0. The standard InChI is InChI=1S/C24H26N2O2/c1-3-17-9-10-22-21(13-17)16(2)12-23(25-22)18-6-4-7-19(14-18)24(28)26-11-5-8-20(26)15-27/h4,6-7,9-10,12-14,20,27H,3,5,8,11,15H2,1-2H3/t20-/m0/s1. The number of aryl methyl sites for hydroxylation is 2. The molecule has 3 aromatic rings. The highest BCUT2D eigenvalue weighted by Crippen LogP contribution is 2.27. The second-order valence-corrected chi connectivity index (χ2v) is 7.59. The molecule has 1 amide bonds. The van der Waals surface area contributed by atoms with Crippen LogP contribution < -0.4 is 0 Å². The Morgan fingerprint density at radius 2 is 2.07 bits per heavy atom. The van der Waals surface area contributed by atoms with Gasteiger partial charge in [-0.05, 0) is 67.6 Å². The molecule has 2 aromatic carbocycles. The molecule has 4 rings (SSSR count). The van der Waals surface area contributed by atoms with Crippen molar-refractivity contribution >= 4 is 16.8 Å². The number of aromatic nitrogens is 1. The van der Waals surface area contributed by atoms with E-state index in [9.17, 15) is 9.90 Å². The summed E-state index contributed by atoms with van der Waals surface area (Å²) in [6.07, 6.45) is 2.82. The highest BCUT2D eigenvalue weighted by Gasteiger charge is 2.28. The Labute approximate surface area is 165 Å². The Morgan fingerprint density at radius 1 is 1.21 bits per heavy atom. The molecule has 1 saturated heterocycles. The third-order valence-corrected chi connectivity index (χ3v) is 5.74. The average molecular weight is 374 g/mol. The lowest BCUT2D eigenvalue weighted by Crippen LogP contribution is -2.37. The lowest BCUT2D eigenvalue weighted by molar-refractivity contribution is 0.0677. The van der Waals surface area contributed by atoms with Crippen molar-refractivity contribution in [3.05, 3.63) is 65.2 Å². The number of pyridine rings is 1. The van der Waals surface area contributed by atoms with Gasteiger partial charge in [-0.1, -0.05) is 25.1 Å². The highest BCUT2D eigenvalue weighted by molar-refractivity contribution is 5.96. The number of amides is 1. The molecule has 1 aliphatic heterocycles. The molecule has 0 aliphatic carbocycles. The number of aliphatic hydroxyl groups excluding tert-OH is 1. The molecule has 4 nitrogen and oxygen atoms in total. The predicted molar refractivity (Wildman–Crippen MR) is 112 cm³/mol. The van der Waals surface area contributed by atoms with E-state index in [-0.39, 0.29) is 18.6 Å². The second kappa shape index (κ2) is 7.72. The van der Waals surface area contributed by atoms with Gasteiger partial charge in [0.2, 0.25) is 0 Å². The predicted octanol–water partition coefficient (Wildman–Crippen LogP) is 4.37. The van der Waals surface area contributed by atoms with E-state index in [1.54, 1.807) is 4.90 Å². The molecule has 1 fully saturated rings. The normalized spacial score (nSPS) is 16.7. The van der Waals surface area contributed by atoms with Crippen LogP contribution in [0, 0.1) is 6.92 Å². The maximum Gasteiger partial charge on any atom is 0.254 e. The van der Waals surface area contributed by atoms with Crippen LogP contribution in [-0.2, 0) is 6.42 Å². The van der Waals surface area contributed by atoms with Gasteiger partial charge in [0.15, 0.2) is 0 Å². The van der Waals surface area contributed by atoms with Crippen molar-refractivity contribution in [2.45, 2.75) is 39.2 Å². The van der Waals surface area contributed by atoms with Gasteiger partial charge in [0.25, 0.3) is 5.91 Å². The monoisotopic (exact) mass is 374 g/mol. The van der Waals surface area contributed by atoms with Gasteiger partial charge in [-0.3, -0.25) is 4.79 Å². The Balaban J connectivity index is 1.70. The smallest absolute Gasteiger partial charge is 0.254 e. The number of hydrogen-bond acceptors (Lipinski definition) is 3.